The van der Waals surface area contributed by atoms with E-state index in [9.17, 15) is 14.4 Å². The van der Waals surface area contributed by atoms with Crippen LogP contribution in [0.3, 0.4) is 0 Å². The number of alkyl carbamates (subject to hydrolysis) is 1. The van der Waals surface area contributed by atoms with Gasteiger partial charge in [0.2, 0.25) is 0 Å². The summed E-state index contributed by atoms with van der Waals surface area (Å²) in [6.07, 6.45) is 2.51. The van der Waals surface area contributed by atoms with Crippen LogP contribution in [0, 0.1) is 5.92 Å². The molecule has 1 saturated heterocycles. The van der Waals surface area contributed by atoms with E-state index in [0.717, 1.165) is 31.5 Å². The number of piperidine rings is 1. The molecule has 0 atom stereocenters. The lowest BCUT2D eigenvalue weighted by atomic mass is 9.89. The molecule has 1 aromatic heterocycles. The first-order valence-corrected chi connectivity index (χ1v) is 12.5. The fourth-order valence-electron chi connectivity index (χ4n) is 4.78. The van der Waals surface area contributed by atoms with Gasteiger partial charge in [-0.3, -0.25) is 4.79 Å². The van der Waals surface area contributed by atoms with Crippen molar-refractivity contribution in [2.45, 2.75) is 38.8 Å². The van der Waals surface area contributed by atoms with Crippen LogP contribution in [-0.4, -0.2) is 43.4 Å². The number of hydrogen-bond acceptors (Lipinski definition) is 6. The largest absolute Gasteiger partial charge is 0.464 e. The molecule has 8 nitrogen and oxygen atoms in total. The summed E-state index contributed by atoms with van der Waals surface area (Å²) in [6, 6.07) is 16.8. The third-order valence-electron chi connectivity index (χ3n) is 6.64. The number of aryl methyl sites for hydroxylation is 1. The lowest BCUT2D eigenvalue weighted by molar-refractivity contribution is 0.0585. The number of ether oxygens (including phenoxy) is 2. The molecule has 3 aromatic rings. The molecule has 0 unspecified atom stereocenters. The van der Waals surface area contributed by atoms with Crippen LogP contribution in [0.4, 0.5) is 4.79 Å². The molecule has 0 aliphatic carbocycles. The highest BCUT2D eigenvalue weighted by Gasteiger charge is 2.26. The number of nitrogens with zero attached hydrogens (tertiary/aromatic N) is 1. The van der Waals surface area contributed by atoms with Gasteiger partial charge >= 0.3 is 12.1 Å². The number of aromatic nitrogens is 1. The molecule has 1 fully saturated rings. The Bertz CT molecular complexity index is 1250. The molecule has 2 aromatic carbocycles. The number of amides is 1. The summed E-state index contributed by atoms with van der Waals surface area (Å²) in [6.45, 7) is 2.81. The minimum atomic E-state index is -0.517. The summed E-state index contributed by atoms with van der Waals surface area (Å²) in [5.41, 5.74) is 2.32. The lowest BCUT2D eigenvalue weighted by Gasteiger charge is -2.25. The smallest absolute Gasteiger partial charge is 0.407 e. The molecule has 8 heteroatoms. The average molecular weight is 492 g/mol. The molecule has 0 spiro atoms. The number of para-hydroxylation sites is 1. The Morgan fingerprint density at radius 2 is 1.78 bits per heavy atom. The summed E-state index contributed by atoms with van der Waals surface area (Å²) < 4.78 is 12.3. The molecule has 2 heterocycles. The van der Waals surface area contributed by atoms with Gasteiger partial charge in [-0.1, -0.05) is 42.5 Å². The van der Waals surface area contributed by atoms with Crippen LogP contribution < -0.4 is 16.1 Å². The third kappa shape index (κ3) is 6.12. The van der Waals surface area contributed by atoms with Crippen LogP contribution in [0.5, 0.6) is 0 Å². The first kappa shape index (κ1) is 25.4. The van der Waals surface area contributed by atoms with Gasteiger partial charge in [0.15, 0.2) is 5.43 Å². The minimum Gasteiger partial charge on any atom is -0.464 e. The van der Waals surface area contributed by atoms with E-state index in [0.29, 0.717) is 54.0 Å². The van der Waals surface area contributed by atoms with E-state index in [1.54, 1.807) is 6.07 Å². The monoisotopic (exact) mass is 491 g/mol. The fourth-order valence-corrected chi connectivity index (χ4v) is 4.78. The summed E-state index contributed by atoms with van der Waals surface area (Å²) in [5, 5.41) is 6.70. The maximum atomic E-state index is 13.5. The summed E-state index contributed by atoms with van der Waals surface area (Å²) in [5.74, 6) is -0.185. The zero-order chi connectivity index (χ0) is 25.3. The number of fused-ring (bicyclic) bond motifs is 1. The molecule has 36 heavy (non-hydrogen) atoms. The Morgan fingerprint density at radius 3 is 2.53 bits per heavy atom. The molecule has 0 bridgehead atoms. The Morgan fingerprint density at radius 1 is 1.06 bits per heavy atom. The maximum Gasteiger partial charge on any atom is 0.407 e. The Balaban J connectivity index is 1.52. The highest BCUT2D eigenvalue weighted by Crippen LogP contribution is 2.23. The van der Waals surface area contributed by atoms with Crippen molar-refractivity contribution in [1.82, 2.24) is 15.2 Å². The molecular weight excluding hydrogens is 458 g/mol. The molecule has 0 saturated carbocycles. The van der Waals surface area contributed by atoms with Gasteiger partial charge in [-0.15, -0.1) is 0 Å². The summed E-state index contributed by atoms with van der Waals surface area (Å²) >= 11 is 0. The predicted molar refractivity (Wildman–Crippen MR) is 138 cm³/mol. The van der Waals surface area contributed by atoms with Crippen LogP contribution in [0.15, 0.2) is 59.4 Å². The van der Waals surface area contributed by atoms with Gasteiger partial charge in [-0.05, 0) is 62.4 Å². The van der Waals surface area contributed by atoms with Crippen molar-refractivity contribution in [2.75, 3.05) is 26.7 Å². The van der Waals surface area contributed by atoms with E-state index in [-0.39, 0.29) is 12.0 Å². The van der Waals surface area contributed by atoms with E-state index >= 15 is 0 Å². The predicted octanol–water partition coefficient (Wildman–Crippen LogP) is 3.65. The lowest BCUT2D eigenvalue weighted by Crippen LogP contribution is -2.32. The van der Waals surface area contributed by atoms with Gasteiger partial charge in [0.05, 0.1) is 12.6 Å². The maximum absolute atomic E-state index is 13.5. The number of rotatable bonds is 9. The molecule has 190 valence electrons. The van der Waals surface area contributed by atoms with Gasteiger partial charge in [-0.2, -0.15) is 0 Å². The van der Waals surface area contributed by atoms with Crippen LogP contribution in [0.25, 0.3) is 10.9 Å². The highest BCUT2D eigenvalue weighted by molar-refractivity contribution is 5.93. The van der Waals surface area contributed by atoms with E-state index in [4.69, 9.17) is 9.47 Å². The zero-order valence-electron chi connectivity index (χ0n) is 20.6. The van der Waals surface area contributed by atoms with Crippen molar-refractivity contribution >= 4 is 23.0 Å². The molecule has 2 N–H and O–H groups in total. The topological polar surface area (TPSA) is 98.7 Å². The highest BCUT2D eigenvalue weighted by atomic mass is 16.5. The standard InChI is InChI=1S/C28H33N3O5/c1-35-27(33)25-23(18-20-12-15-29-16-13-20)26(32)22-10-5-6-11-24(22)31(25)17-7-14-30-28(34)36-19-21-8-3-2-4-9-21/h2-6,8-11,20,29H,7,12-19H2,1H3,(H,30,34). The van der Waals surface area contributed by atoms with Crippen LogP contribution in [-0.2, 0) is 29.0 Å². The second-order valence-electron chi connectivity index (χ2n) is 9.06. The fraction of sp³-hybridized carbons (Fsp3) is 0.393. The van der Waals surface area contributed by atoms with Gasteiger partial charge < -0.3 is 24.7 Å². The third-order valence-corrected chi connectivity index (χ3v) is 6.64. The van der Waals surface area contributed by atoms with Gasteiger partial charge in [-0.25, -0.2) is 9.59 Å². The number of pyridine rings is 1. The Labute approximate surface area is 210 Å². The molecule has 1 aliphatic heterocycles. The summed E-state index contributed by atoms with van der Waals surface area (Å²) in [7, 11) is 1.34. The van der Waals surface area contributed by atoms with E-state index in [1.807, 2.05) is 53.1 Å². The first-order chi connectivity index (χ1) is 17.6. The normalized spacial score (nSPS) is 13.9. The molecule has 0 radical (unpaired) electrons. The number of methoxy groups -OCH3 is 1. The number of benzene rings is 2. The van der Waals surface area contributed by atoms with Gasteiger partial charge in [0.1, 0.15) is 12.3 Å². The van der Waals surface area contributed by atoms with Crippen LogP contribution in [0.2, 0.25) is 0 Å². The first-order valence-electron chi connectivity index (χ1n) is 12.5. The van der Waals surface area contributed by atoms with Gasteiger partial charge in [0.25, 0.3) is 0 Å². The van der Waals surface area contributed by atoms with Crippen molar-refractivity contribution in [3.05, 3.63) is 81.6 Å². The molecular formula is C28H33N3O5. The Kier molecular flexibility index (Phi) is 8.73. The average Bonchev–Trinajstić information content (AvgIpc) is 2.92. The number of carbonyl (C=O) groups is 2. The van der Waals surface area contributed by atoms with E-state index in [1.165, 1.54) is 7.11 Å². The Hall–Kier alpha value is -3.65. The second kappa shape index (κ2) is 12.4. The van der Waals surface area contributed by atoms with Crippen molar-refractivity contribution in [2.24, 2.45) is 5.92 Å². The quantitative estimate of drug-likeness (QED) is 0.350. The SMILES string of the molecule is COC(=O)c1c(CC2CCNCC2)c(=O)c2ccccc2n1CCCNC(=O)OCc1ccccc1. The molecule has 1 amide bonds. The minimum absolute atomic E-state index is 0.108. The number of hydrogen-bond donors (Lipinski definition) is 2. The van der Waals surface area contributed by atoms with Crippen molar-refractivity contribution in [3.63, 3.8) is 0 Å². The van der Waals surface area contributed by atoms with Gasteiger partial charge in [0, 0.05) is 24.0 Å². The van der Waals surface area contributed by atoms with Crippen LogP contribution in [0.1, 0.15) is 40.9 Å². The summed E-state index contributed by atoms with van der Waals surface area (Å²) in [4.78, 5) is 38.6. The van der Waals surface area contributed by atoms with Crippen LogP contribution >= 0.6 is 0 Å². The number of nitrogens with one attached hydrogen (secondary N) is 2. The second-order valence-corrected chi connectivity index (χ2v) is 9.06. The molecule has 4 rings (SSSR count). The molecule has 1 aliphatic rings. The van der Waals surface area contributed by atoms with E-state index in [2.05, 4.69) is 10.6 Å². The van der Waals surface area contributed by atoms with E-state index < -0.39 is 12.1 Å². The number of esters is 1. The number of carbonyl (C=O) groups excluding carboxylic acids is 2. The van der Waals surface area contributed by atoms with Crippen molar-refractivity contribution < 1.29 is 19.1 Å². The van der Waals surface area contributed by atoms with Crippen molar-refractivity contribution in [1.29, 1.82) is 0 Å². The van der Waals surface area contributed by atoms with Crippen molar-refractivity contribution in [3.8, 4) is 0 Å². The zero-order valence-corrected chi connectivity index (χ0v) is 20.6.